The van der Waals surface area contributed by atoms with Gasteiger partial charge in [0.05, 0.1) is 4.92 Å². The van der Waals surface area contributed by atoms with Crippen LogP contribution in [0.25, 0.3) is 6.08 Å². The van der Waals surface area contributed by atoms with Gasteiger partial charge in [-0.2, -0.15) is 0 Å². The number of phenols is 1. The molecule has 0 aliphatic rings. The topological polar surface area (TPSA) is 63.4 Å². The summed E-state index contributed by atoms with van der Waals surface area (Å²) in [5.74, 6) is 0.400. The molecule has 0 spiro atoms. The molecule has 0 bridgehead atoms. The molecule has 0 saturated carbocycles. The number of nitrogens with zero attached hydrogens (tertiary/aromatic N) is 1. The molecule has 86 valence electrons. The van der Waals surface area contributed by atoms with E-state index in [1.54, 1.807) is 18.2 Å². The number of hydrogen-bond donors (Lipinski definition) is 1. The predicted octanol–water partition coefficient (Wildman–Crippen LogP) is 3.06. The van der Waals surface area contributed by atoms with E-state index in [1.165, 1.54) is 12.1 Å². The standard InChI is InChI=1S/C12H15NO3/c1-9(2)7-11(13(15)16)8-10-3-5-12(14)6-4-10/h3-6,8-9,14H,7H2,1-2H3. The SMILES string of the molecule is CC(C)CC(=Cc1ccc(O)cc1)[N+](=O)[O-]. The van der Waals surface area contributed by atoms with Gasteiger partial charge in [0, 0.05) is 12.5 Å². The number of nitro groups is 1. The fraction of sp³-hybridized carbons (Fsp3) is 0.333. The second-order valence-corrected chi connectivity index (χ2v) is 4.08. The zero-order valence-corrected chi connectivity index (χ0v) is 9.38. The van der Waals surface area contributed by atoms with Gasteiger partial charge < -0.3 is 5.11 Å². The third-order valence-corrected chi connectivity index (χ3v) is 2.08. The van der Waals surface area contributed by atoms with Gasteiger partial charge >= 0.3 is 0 Å². The van der Waals surface area contributed by atoms with Crippen LogP contribution in [0, 0.1) is 16.0 Å². The number of aromatic hydroxyl groups is 1. The fourth-order valence-electron chi connectivity index (χ4n) is 1.37. The molecule has 0 amide bonds. The summed E-state index contributed by atoms with van der Waals surface area (Å²) in [7, 11) is 0. The van der Waals surface area contributed by atoms with Crippen LogP contribution < -0.4 is 0 Å². The number of allylic oxidation sites excluding steroid dienone is 1. The summed E-state index contributed by atoms with van der Waals surface area (Å²) in [4.78, 5) is 10.4. The lowest BCUT2D eigenvalue weighted by Crippen LogP contribution is -2.02. The van der Waals surface area contributed by atoms with Gasteiger partial charge in [-0.1, -0.05) is 26.0 Å². The van der Waals surface area contributed by atoms with Gasteiger partial charge in [0.15, 0.2) is 0 Å². The van der Waals surface area contributed by atoms with Crippen molar-refractivity contribution in [2.75, 3.05) is 0 Å². The first kappa shape index (κ1) is 12.2. The van der Waals surface area contributed by atoms with Crippen LogP contribution in [0.1, 0.15) is 25.8 Å². The highest BCUT2D eigenvalue weighted by atomic mass is 16.6. The van der Waals surface area contributed by atoms with Gasteiger partial charge in [-0.15, -0.1) is 0 Å². The second-order valence-electron chi connectivity index (χ2n) is 4.08. The zero-order valence-electron chi connectivity index (χ0n) is 9.38. The molecule has 0 atom stereocenters. The van der Waals surface area contributed by atoms with Gasteiger partial charge in [-0.25, -0.2) is 0 Å². The average molecular weight is 221 g/mol. The summed E-state index contributed by atoms with van der Waals surface area (Å²) in [5.41, 5.74) is 0.922. The fourth-order valence-corrected chi connectivity index (χ4v) is 1.37. The normalized spacial score (nSPS) is 11.8. The van der Waals surface area contributed by atoms with Crippen molar-refractivity contribution < 1.29 is 10.0 Å². The minimum atomic E-state index is -0.354. The molecule has 0 aromatic heterocycles. The molecule has 1 aromatic rings. The Morgan fingerprint density at radius 2 is 2.00 bits per heavy atom. The maximum absolute atomic E-state index is 10.8. The van der Waals surface area contributed by atoms with Crippen LogP contribution >= 0.6 is 0 Å². The summed E-state index contributed by atoms with van der Waals surface area (Å²) >= 11 is 0. The van der Waals surface area contributed by atoms with Gasteiger partial charge in [-0.05, 0) is 23.6 Å². The molecule has 4 heteroatoms. The Hall–Kier alpha value is -1.84. The van der Waals surface area contributed by atoms with Crippen molar-refractivity contribution >= 4 is 6.08 Å². The van der Waals surface area contributed by atoms with E-state index in [-0.39, 0.29) is 22.3 Å². The Bertz CT molecular complexity index is 393. The van der Waals surface area contributed by atoms with Crippen LogP contribution in [0.15, 0.2) is 30.0 Å². The van der Waals surface area contributed by atoms with E-state index in [9.17, 15) is 10.1 Å². The van der Waals surface area contributed by atoms with Crippen LogP contribution in [-0.2, 0) is 0 Å². The third kappa shape index (κ3) is 3.73. The van der Waals surface area contributed by atoms with E-state index in [2.05, 4.69) is 0 Å². The van der Waals surface area contributed by atoms with Crippen molar-refractivity contribution in [3.63, 3.8) is 0 Å². The molecule has 0 aliphatic carbocycles. The molecule has 0 saturated heterocycles. The highest BCUT2D eigenvalue weighted by molar-refractivity contribution is 5.52. The average Bonchev–Trinajstić information content (AvgIpc) is 2.19. The van der Waals surface area contributed by atoms with E-state index in [0.29, 0.717) is 6.42 Å². The van der Waals surface area contributed by atoms with Crippen molar-refractivity contribution in [2.24, 2.45) is 5.92 Å². The smallest absolute Gasteiger partial charge is 0.247 e. The van der Waals surface area contributed by atoms with Crippen LogP contribution in [-0.4, -0.2) is 10.0 Å². The highest BCUT2D eigenvalue weighted by Gasteiger charge is 2.12. The van der Waals surface area contributed by atoms with Crippen molar-refractivity contribution in [1.82, 2.24) is 0 Å². The molecule has 0 radical (unpaired) electrons. The molecule has 0 heterocycles. The first-order valence-corrected chi connectivity index (χ1v) is 5.13. The van der Waals surface area contributed by atoms with Crippen molar-refractivity contribution in [3.8, 4) is 5.75 Å². The first-order chi connectivity index (χ1) is 7.49. The van der Waals surface area contributed by atoms with E-state index < -0.39 is 0 Å². The summed E-state index contributed by atoms with van der Waals surface area (Å²) < 4.78 is 0. The van der Waals surface area contributed by atoms with Crippen molar-refractivity contribution in [2.45, 2.75) is 20.3 Å². The van der Waals surface area contributed by atoms with Gasteiger partial charge in [-0.3, -0.25) is 10.1 Å². The number of rotatable bonds is 4. The van der Waals surface area contributed by atoms with Crippen LogP contribution in [0.3, 0.4) is 0 Å². The quantitative estimate of drug-likeness (QED) is 0.627. The van der Waals surface area contributed by atoms with Crippen LogP contribution in [0.4, 0.5) is 0 Å². The molecule has 1 rings (SSSR count). The summed E-state index contributed by atoms with van der Waals surface area (Å²) in [6, 6.07) is 6.33. The Morgan fingerprint density at radius 1 is 1.44 bits per heavy atom. The minimum absolute atomic E-state index is 0.156. The third-order valence-electron chi connectivity index (χ3n) is 2.08. The van der Waals surface area contributed by atoms with E-state index in [4.69, 9.17) is 5.11 Å². The molecule has 0 fully saturated rings. The predicted molar refractivity (Wildman–Crippen MR) is 62.5 cm³/mol. The van der Waals surface area contributed by atoms with Crippen molar-refractivity contribution in [3.05, 3.63) is 45.6 Å². The second kappa shape index (κ2) is 5.30. The molecule has 4 nitrogen and oxygen atoms in total. The van der Waals surface area contributed by atoms with Crippen LogP contribution in [0.5, 0.6) is 5.75 Å². The lowest BCUT2D eigenvalue weighted by molar-refractivity contribution is -0.427. The Labute approximate surface area is 94.4 Å². The molecular weight excluding hydrogens is 206 g/mol. The summed E-state index contributed by atoms with van der Waals surface area (Å²) in [6.45, 7) is 3.88. The molecule has 16 heavy (non-hydrogen) atoms. The summed E-state index contributed by atoms with van der Waals surface area (Å²) in [6.07, 6.45) is 1.98. The molecule has 1 aromatic carbocycles. The largest absolute Gasteiger partial charge is 0.508 e. The van der Waals surface area contributed by atoms with Gasteiger partial charge in [0.2, 0.25) is 5.70 Å². The van der Waals surface area contributed by atoms with Crippen molar-refractivity contribution in [1.29, 1.82) is 0 Å². The zero-order chi connectivity index (χ0) is 12.1. The summed E-state index contributed by atoms with van der Waals surface area (Å²) in [5, 5.41) is 19.9. The number of benzene rings is 1. The number of hydrogen-bond acceptors (Lipinski definition) is 3. The van der Waals surface area contributed by atoms with E-state index in [1.807, 2.05) is 13.8 Å². The number of phenolic OH excluding ortho intramolecular Hbond substituents is 1. The lowest BCUT2D eigenvalue weighted by Gasteiger charge is -2.02. The molecule has 0 aliphatic heterocycles. The Kier molecular flexibility index (Phi) is 4.05. The Morgan fingerprint density at radius 3 is 2.44 bits per heavy atom. The Balaban J connectivity index is 2.93. The van der Waals surface area contributed by atoms with Gasteiger partial charge in [0.1, 0.15) is 5.75 Å². The van der Waals surface area contributed by atoms with Crippen LogP contribution in [0.2, 0.25) is 0 Å². The monoisotopic (exact) mass is 221 g/mol. The molecule has 0 unspecified atom stereocenters. The van der Waals surface area contributed by atoms with E-state index in [0.717, 1.165) is 5.56 Å². The lowest BCUT2D eigenvalue weighted by atomic mass is 10.1. The molecule has 1 N–H and O–H groups in total. The maximum Gasteiger partial charge on any atom is 0.247 e. The maximum atomic E-state index is 10.8. The molecular formula is C12H15NO3. The van der Waals surface area contributed by atoms with Gasteiger partial charge in [0.25, 0.3) is 0 Å². The van der Waals surface area contributed by atoms with E-state index >= 15 is 0 Å². The first-order valence-electron chi connectivity index (χ1n) is 5.13. The highest BCUT2D eigenvalue weighted by Crippen LogP contribution is 2.17. The minimum Gasteiger partial charge on any atom is -0.508 e.